The van der Waals surface area contributed by atoms with E-state index in [0.29, 0.717) is 18.7 Å². The van der Waals surface area contributed by atoms with Crippen LogP contribution in [0.15, 0.2) is 18.5 Å². The molecule has 1 amide bonds. The maximum absolute atomic E-state index is 13.1. The summed E-state index contributed by atoms with van der Waals surface area (Å²) in [7, 11) is 3.28. The molecule has 2 aliphatic carbocycles. The van der Waals surface area contributed by atoms with Crippen LogP contribution in [0, 0.1) is 5.41 Å². The lowest BCUT2D eigenvalue weighted by atomic mass is 9.71. The number of ether oxygens (including phenoxy) is 2. The first-order valence-corrected chi connectivity index (χ1v) is 10.4. The number of hydrogen-bond donors (Lipinski definition) is 1. The van der Waals surface area contributed by atoms with E-state index in [9.17, 15) is 4.79 Å². The van der Waals surface area contributed by atoms with Crippen molar-refractivity contribution in [1.82, 2.24) is 25.5 Å². The molecule has 0 aliphatic heterocycles. The molecule has 1 saturated carbocycles. The standard InChI is InChI=1S/C21H29N5O3/c1-28-18-10-15-6-7-17(16(15)11-19(18)29-2)23-20(27)12-21(8-4-3-5-9-21)13-26-14-22-24-25-26/h10-11,14,17H,3-9,12-13H2,1-2H3,(H,23,27)/t17-/m1/s1. The second-order valence-electron chi connectivity index (χ2n) is 8.31. The molecule has 0 spiro atoms. The summed E-state index contributed by atoms with van der Waals surface area (Å²) in [6, 6.07) is 4.05. The first kappa shape index (κ1) is 19.7. The van der Waals surface area contributed by atoms with Crippen molar-refractivity contribution in [1.29, 1.82) is 0 Å². The molecule has 156 valence electrons. The lowest BCUT2D eigenvalue weighted by Gasteiger charge is -2.36. The number of benzene rings is 1. The second kappa shape index (κ2) is 8.39. The predicted molar refractivity (Wildman–Crippen MR) is 107 cm³/mol. The summed E-state index contributed by atoms with van der Waals surface area (Å²) in [5.41, 5.74) is 2.28. The van der Waals surface area contributed by atoms with Crippen LogP contribution in [-0.4, -0.2) is 40.3 Å². The van der Waals surface area contributed by atoms with E-state index in [1.807, 2.05) is 12.1 Å². The minimum Gasteiger partial charge on any atom is -0.493 e. The highest BCUT2D eigenvalue weighted by atomic mass is 16.5. The number of aryl methyl sites for hydroxylation is 1. The van der Waals surface area contributed by atoms with Gasteiger partial charge < -0.3 is 14.8 Å². The molecule has 8 heteroatoms. The number of rotatable bonds is 7. The highest BCUT2D eigenvalue weighted by Gasteiger charge is 2.36. The zero-order valence-corrected chi connectivity index (χ0v) is 17.2. The van der Waals surface area contributed by atoms with Crippen LogP contribution >= 0.6 is 0 Å². The van der Waals surface area contributed by atoms with Crippen molar-refractivity contribution in [3.05, 3.63) is 29.6 Å². The Labute approximate surface area is 171 Å². The molecule has 1 aromatic carbocycles. The van der Waals surface area contributed by atoms with Gasteiger partial charge in [0.1, 0.15) is 6.33 Å². The highest BCUT2D eigenvalue weighted by Crippen LogP contribution is 2.42. The Bertz CT molecular complexity index is 846. The fourth-order valence-electron chi connectivity index (χ4n) is 4.96. The van der Waals surface area contributed by atoms with Crippen molar-refractivity contribution >= 4 is 5.91 Å². The van der Waals surface area contributed by atoms with Crippen LogP contribution in [0.4, 0.5) is 0 Å². The molecular formula is C21H29N5O3. The average molecular weight is 399 g/mol. The van der Waals surface area contributed by atoms with Gasteiger partial charge in [-0.05, 0) is 64.8 Å². The number of carbonyl (C=O) groups is 1. The van der Waals surface area contributed by atoms with Gasteiger partial charge in [-0.1, -0.05) is 19.3 Å². The van der Waals surface area contributed by atoms with Crippen LogP contribution < -0.4 is 14.8 Å². The maximum atomic E-state index is 13.1. The van der Waals surface area contributed by atoms with Crippen molar-refractivity contribution < 1.29 is 14.3 Å². The third kappa shape index (κ3) is 4.21. The van der Waals surface area contributed by atoms with Crippen LogP contribution in [-0.2, 0) is 17.8 Å². The Kier molecular flexibility index (Phi) is 5.69. The highest BCUT2D eigenvalue weighted by molar-refractivity contribution is 5.77. The Morgan fingerprint density at radius 2 is 1.97 bits per heavy atom. The van der Waals surface area contributed by atoms with Crippen LogP contribution in [0.25, 0.3) is 0 Å². The number of methoxy groups -OCH3 is 2. The lowest BCUT2D eigenvalue weighted by molar-refractivity contribution is -0.125. The van der Waals surface area contributed by atoms with Crippen molar-refractivity contribution in [2.75, 3.05) is 14.2 Å². The average Bonchev–Trinajstić information content (AvgIpc) is 3.37. The molecule has 1 N–H and O–H groups in total. The molecule has 4 rings (SSSR count). The predicted octanol–water partition coefficient (Wildman–Crippen LogP) is 2.83. The molecule has 0 radical (unpaired) electrons. The fraction of sp³-hybridized carbons (Fsp3) is 0.619. The van der Waals surface area contributed by atoms with Gasteiger partial charge in [0.05, 0.1) is 26.8 Å². The fourth-order valence-corrected chi connectivity index (χ4v) is 4.96. The topological polar surface area (TPSA) is 91.2 Å². The van der Waals surface area contributed by atoms with Crippen LogP contribution in [0.1, 0.15) is 62.1 Å². The first-order chi connectivity index (χ1) is 14.1. The van der Waals surface area contributed by atoms with E-state index in [1.54, 1.807) is 25.2 Å². The van der Waals surface area contributed by atoms with Gasteiger partial charge in [-0.2, -0.15) is 0 Å². The van der Waals surface area contributed by atoms with E-state index in [-0.39, 0.29) is 17.4 Å². The summed E-state index contributed by atoms with van der Waals surface area (Å²) in [5, 5.41) is 14.8. The third-order valence-electron chi connectivity index (χ3n) is 6.40. The Hall–Kier alpha value is -2.64. The van der Waals surface area contributed by atoms with E-state index >= 15 is 0 Å². The molecule has 1 fully saturated rings. The van der Waals surface area contributed by atoms with Gasteiger partial charge >= 0.3 is 0 Å². The Morgan fingerprint density at radius 1 is 1.21 bits per heavy atom. The SMILES string of the molecule is COc1cc2c(cc1OC)[C@H](NC(=O)CC1(Cn3cnnn3)CCCCC1)CC2. The molecule has 8 nitrogen and oxygen atoms in total. The molecular weight excluding hydrogens is 370 g/mol. The smallest absolute Gasteiger partial charge is 0.221 e. The van der Waals surface area contributed by atoms with E-state index < -0.39 is 0 Å². The molecule has 0 saturated heterocycles. The summed E-state index contributed by atoms with van der Waals surface area (Å²) in [5.74, 6) is 1.54. The second-order valence-corrected chi connectivity index (χ2v) is 8.31. The van der Waals surface area contributed by atoms with Gasteiger partial charge in [-0.25, -0.2) is 4.68 Å². The first-order valence-electron chi connectivity index (χ1n) is 10.4. The summed E-state index contributed by atoms with van der Waals surface area (Å²) in [6.07, 6.45) is 9.58. The summed E-state index contributed by atoms with van der Waals surface area (Å²) < 4.78 is 12.6. The Balaban J connectivity index is 1.47. The monoisotopic (exact) mass is 399 g/mol. The maximum Gasteiger partial charge on any atom is 0.221 e. The molecule has 29 heavy (non-hydrogen) atoms. The number of tetrazole rings is 1. The number of amides is 1. The number of hydrogen-bond acceptors (Lipinski definition) is 6. The van der Waals surface area contributed by atoms with E-state index in [0.717, 1.165) is 49.8 Å². The van der Waals surface area contributed by atoms with Crippen molar-refractivity contribution in [3.63, 3.8) is 0 Å². The van der Waals surface area contributed by atoms with Gasteiger partial charge in [0.25, 0.3) is 0 Å². The minimum absolute atomic E-state index is 0.0194. The number of nitrogens with zero attached hydrogens (tertiary/aromatic N) is 4. The number of carbonyl (C=O) groups excluding carboxylic acids is 1. The lowest BCUT2D eigenvalue weighted by Crippen LogP contribution is -2.37. The van der Waals surface area contributed by atoms with Gasteiger partial charge in [-0.15, -0.1) is 5.10 Å². The largest absolute Gasteiger partial charge is 0.493 e. The molecule has 0 unspecified atom stereocenters. The Morgan fingerprint density at radius 3 is 2.66 bits per heavy atom. The summed E-state index contributed by atoms with van der Waals surface area (Å²) in [6.45, 7) is 0.694. The molecule has 1 atom stereocenters. The van der Waals surface area contributed by atoms with Gasteiger partial charge in [-0.3, -0.25) is 4.79 Å². The summed E-state index contributed by atoms with van der Waals surface area (Å²) >= 11 is 0. The van der Waals surface area contributed by atoms with Crippen LogP contribution in [0.5, 0.6) is 11.5 Å². The van der Waals surface area contributed by atoms with Crippen molar-refractivity contribution in [3.8, 4) is 11.5 Å². The van der Waals surface area contributed by atoms with Crippen LogP contribution in [0.2, 0.25) is 0 Å². The normalized spacial score (nSPS) is 20.1. The summed E-state index contributed by atoms with van der Waals surface area (Å²) in [4.78, 5) is 13.1. The third-order valence-corrected chi connectivity index (χ3v) is 6.40. The van der Waals surface area contributed by atoms with E-state index in [2.05, 4.69) is 20.8 Å². The molecule has 1 heterocycles. The zero-order chi connectivity index (χ0) is 20.3. The van der Waals surface area contributed by atoms with Crippen molar-refractivity contribution in [2.45, 2.75) is 64.0 Å². The number of aromatic nitrogens is 4. The van der Waals surface area contributed by atoms with Gasteiger partial charge in [0, 0.05) is 6.42 Å². The van der Waals surface area contributed by atoms with E-state index in [4.69, 9.17) is 9.47 Å². The quantitative estimate of drug-likeness (QED) is 0.770. The van der Waals surface area contributed by atoms with Gasteiger partial charge in [0.2, 0.25) is 5.91 Å². The van der Waals surface area contributed by atoms with Crippen LogP contribution in [0.3, 0.4) is 0 Å². The number of nitrogens with one attached hydrogen (secondary N) is 1. The molecule has 2 aliphatic rings. The molecule has 1 aromatic heterocycles. The minimum atomic E-state index is -0.0727. The molecule has 0 bridgehead atoms. The van der Waals surface area contributed by atoms with Crippen molar-refractivity contribution in [2.24, 2.45) is 5.41 Å². The van der Waals surface area contributed by atoms with E-state index in [1.165, 1.54) is 12.0 Å². The molecule has 2 aromatic rings. The van der Waals surface area contributed by atoms with Gasteiger partial charge in [0.15, 0.2) is 11.5 Å². The number of fused-ring (bicyclic) bond motifs is 1. The zero-order valence-electron chi connectivity index (χ0n) is 17.2.